The Morgan fingerprint density at radius 3 is 2.56 bits per heavy atom. The zero-order chi connectivity index (χ0) is 24.4. The minimum atomic E-state index is -1.50. The van der Waals surface area contributed by atoms with E-state index in [1.807, 2.05) is 37.3 Å². The van der Waals surface area contributed by atoms with E-state index in [9.17, 15) is 24.3 Å². The lowest BCUT2D eigenvalue weighted by Crippen LogP contribution is -2.53. The average molecular weight is 482 g/mol. The average Bonchev–Trinajstić information content (AvgIpc) is 3.38. The zero-order valence-electron chi connectivity index (χ0n) is 18.7. The fourth-order valence-electron chi connectivity index (χ4n) is 5.81. The topological polar surface area (TPSA) is 116 Å². The lowest BCUT2D eigenvalue weighted by Gasteiger charge is -2.31. The number of aryl methyl sites for hydroxylation is 1. The molecule has 3 heterocycles. The molecule has 3 amide bonds. The minimum absolute atomic E-state index is 0.104. The van der Waals surface area contributed by atoms with Gasteiger partial charge < -0.3 is 10.4 Å². The van der Waals surface area contributed by atoms with Gasteiger partial charge in [-0.05, 0) is 37.5 Å². The quantitative estimate of drug-likeness (QED) is 0.565. The molecule has 8 nitrogen and oxygen atoms in total. The molecule has 1 spiro atoms. The van der Waals surface area contributed by atoms with Crippen molar-refractivity contribution in [2.24, 2.45) is 11.8 Å². The van der Waals surface area contributed by atoms with Crippen LogP contribution in [0.15, 0.2) is 42.5 Å². The number of hydrogen-bond donors (Lipinski definition) is 3. The molecule has 3 aliphatic heterocycles. The minimum Gasteiger partial charge on any atom is -0.481 e. The fourth-order valence-corrected chi connectivity index (χ4v) is 6.13. The summed E-state index contributed by atoms with van der Waals surface area (Å²) >= 11 is 6.43. The highest BCUT2D eigenvalue weighted by Gasteiger charge is 2.71. The first-order valence-corrected chi connectivity index (χ1v) is 11.6. The number of anilines is 1. The molecule has 9 heteroatoms. The van der Waals surface area contributed by atoms with Gasteiger partial charge in [-0.2, -0.15) is 0 Å². The fraction of sp³-hybridized carbons (Fsp3) is 0.360. The summed E-state index contributed by atoms with van der Waals surface area (Å²) < 4.78 is 0. The Bertz CT molecular complexity index is 1230. The van der Waals surface area contributed by atoms with E-state index < -0.39 is 53.1 Å². The molecule has 0 saturated carbocycles. The van der Waals surface area contributed by atoms with Gasteiger partial charge in [-0.15, -0.1) is 0 Å². The van der Waals surface area contributed by atoms with Gasteiger partial charge in [-0.1, -0.05) is 48.0 Å². The first-order valence-electron chi connectivity index (χ1n) is 11.2. The number of nitrogens with one attached hydrogen (secondary N) is 2. The van der Waals surface area contributed by atoms with E-state index in [0.29, 0.717) is 16.3 Å². The highest BCUT2D eigenvalue weighted by atomic mass is 35.5. The molecule has 5 atom stereocenters. The number of likely N-dealkylation sites (tertiary alicyclic amines) is 1. The van der Waals surface area contributed by atoms with Gasteiger partial charge >= 0.3 is 5.97 Å². The molecule has 0 aliphatic carbocycles. The van der Waals surface area contributed by atoms with Crippen molar-refractivity contribution in [2.45, 2.75) is 44.3 Å². The van der Waals surface area contributed by atoms with Crippen LogP contribution < -0.4 is 10.6 Å². The van der Waals surface area contributed by atoms with E-state index in [-0.39, 0.29) is 12.8 Å². The molecular formula is C25H24ClN3O5. The van der Waals surface area contributed by atoms with Gasteiger partial charge in [-0.25, -0.2) is 0 Å². The number of aliphatic carboxylic acids is 1. The van der Waals surface area contributed by atoms with Crippen LogP contribution in [-0.4, -0.2) is 39.7 Å². The predicted molar refractivity (Wildman–Crippen MR) is 124 cm³/mol. The molecule has 0 aromatic heterocycles. The van der Waals surface area contributed by atoms with Gasteiger partial charge in [0.25, 0.3) is 0 Å². The second-order valence-corrected chi connectivity index (χ2v) is 9.66. The van der Waals surface area contributed by atoms with Crippen molar-refractivity contribution in [1.29, 1.82) is 0 Å². The molecular weight excluding hydrogens is 458 g/mol. The first-order chi connectivity index (χ1) is 16.2. The van der Waals surface area contributed by atoms with Crippen LogP contribution in [0.3, 0.4) is 0 Å². The van der Waals surface area contributed by atoms with Crippen LogP contribution in [0.2, 0.25) is 5.02 Å². The number of benzene rings is 2. The predicted octanol–water partition coefficient (Wildman–Crippen LogP) is 2.99. The number of carboxylic acids is 1. The summed E-state index contributed by atoms with van der Waals surface area (Å²) in [4.78, 5) is 53.7. The Morgan fingerprint density at radius 2 is 1.88 bits per heavy atom. The van der Waals surface area contributed by atoms with Gasteiger partial charge in [0.2, 0.25) is 17.7 Å². The third-order valence-electron chi connectivity index (χ3n) is 7.29. The first kappa shape index (κ1) is 22.6. The maximum atomic E-state index is 13.9. The number of amides is 3. The molecule has 2 saturated heterocycles. The number of rotatable bonds is 5. The van der Waals surface area contributed by atoms with Crippen LogP contribution in [0, 0.1) is 18.8 Å². The number of halogens is 1. The van der Waals surface area contributed by atoms with E-state index >= 15 is 0 Å². The standard InChI is InChI=1S/C25H24ClN3O5/c1-12-10-15-21(16(26)11-12)27-24(34)25(15)20-19(17(28-25)8-9-18(30)31)22(32)29(23(20)33)13(2)14-6-4-3-5-7-14/h3-7,10-11,13,17,19-20,28H,8-9H2,1-2H3,(H,27,34)(H,30,31)/t13-,17-,19-,20-,25+/m1/s1. The Morgan fingerprint density at radius 1 is 1.18 bits per heavy atom. The second kappa shape index (κ2) is 7.92. The lowest BCUT2D eigenvalue weighted by molar-refractivity contribution is -0.145. The number of carbonyl (C=O) groups is 4. The third-order valence-corrected chi connectivity index (χ3v) is 7.59. The monoisotopic (exact) mass is 481 g/mol. The van der Waals surface area contributed by atoms with E-state index in [2.05, 4.69) is 10.6 Å². The van der Waals surface area contributed by atoms with Gasteiger partial charge in [0.15, 0.2) is 0 Å². The normalized spacial score (nSPS) is 28.3. The van der Waals surface area contributed by atoms with Crippen molar-refractivity contribution in [3.63, 3.8) is 0 Å². The summed E-state index contributed by atoms with van der Waals surface area (Å²) in [5.41, 5.74) is 1.03. The summed E-state index contributed by atoms with van der Waals surface area (Å²) in [5, 5.41) is 15.7. The van der Waals surface area contributed by atoms with Crippen molar-refractivity contribution in [3.8, 4) is 0 Å². The smallest absolute Gasteiger partial charge is 0.303 e. The molecule has 2 fully saturated rings. The number of imide groups is 1. The number of carbonyl (C=O) groups excluding carboxylic acids is 3. The van der Waals surface area contributed by atoms with E-state index in [4.69, 9.17) is 11.6 Å². The summed E-state index contributed by atoms with van der Waals surface area (Å²) in [6.45, 7) is 3.62. The molecule has 176 valence electrons. The SMILES string of the molecule is Cc1cc(Cl)c2c(c1)[C@@]1(N[C@H](CCC(=O)O)[C@H]3C(=O)N([C@H](C)c4ccccc4)C(=O)[C@@H]31)C(=O)N2. The molecule has 0 unspecified atom stereocenters. The summed E-state index contributed by atoms with van der Waals surface area (Å²) in [6.07, 6.45) is -0.0945. The van der Waals surface area contributed by atoms with Crippen molar-refractivity contribution in [3.05, 3.63) is 64.2 Å². The summed E-state index contributed by atoms with van der Waals surface area (Å²) in [6, 6.07) is 11.5. The molecule has 2 aromatic rings. The van der Waals surface area contributed by atoms with Crippen LogP contribution >= 0.6 is 11.6 Å². The lowest BCUT2D eigenvalue weighted by atomic mass is 9.76. The summed E-state index contributed by atoms with van der Waals surface area (Å²) in [5.74, 6) is -4.19. The van der Waals surface area contributed by atoms with E-state index in [0.717, 1.165) is 11.1 Å². The van der Waals surface area contributed by atoms with Crippen LogP contribution in [0.4, 0.5) is 5.69 Å². The van der Waals surface area contributed by atoms with Crippen molar-refractivity contribution < 1.29 is 24.3 Å². The molecule has 2 aromatic carbocycles. The zero-order valence-corrected chi connectivity index (χ0v) is 19.4. The van der Waals surface area contributed by atoms with Gasteiger partial charge in [0.1, 0.15) is 5.54 Å². The maximum Gasteiger partial charge on any atom is 0.303 e. The Labute approximate surface area is 201 Å². The van der Waals surface area contributed by atoms with Crippen molar-refractivity contribution in [1.82, 2.24) is 10.2 Å². The Balaban J connectivity index is 1.64. The highest BCUT2D eigenvalue weighted by Crippen LogP contribution is 2.55. The number of fused-ring (bicyclic) bond motifs is 4. The molecule has 3 N–H and O–H groups in total. The molecule has 0 bridgehead atoms. The van der Waals surface area contributed by atoms with E-state index in [1.165, 1.54) is 4.90 Å². The van der Waals surface area contributed by atoms with Gasteiger partial charge in [0, 0.05) is 18.0 Å². The second-order valence-electron chi connectivity index (χ2n) is 9.25. The molecule has 0 radical (unpaired) electrons. The number of nitrogens with zero attached hydrogens (tertiary/aromatic N) is 1. The molecule has 3 aliphatic rings. The van der Waals surface area contributed by atoms with Crippen molar-refractivity contribution in [2.75, 3.05) is 5.32 Å². The third kappa shape index (κ3) is 3.09. The summed E-state index contributed by atoms with van der Waals surface area (Å²) in [7, 11) is 0. The van der Waals surface area contributed by atoms with Crippen LogP contribution in [0.25, 0.3) is 0 Å². The molecule has 34 heavy (non-hydrogen) atoms. The van der Waals surface area contributed by atoms with Crippen LogP contribution in [0.1, 0.15) is 42.5 Å². The molecule has 5 rings (SSSR count). The van der Waals surface area contributed by atoms with Crippen LogP contribution in [-0.2, 0) is 24.7 Å². The van der Waals surface area contributed by atoms with Gasteiger partial charge in [0.05, 0.1) is 28.6 Å². The highest BCUT2D eigenvalue weighted by molar-refractivity contribution is 6.35. The number of hydrogen-bond acceptors (Lipinski definition) is 5. The van der Waals surface area contributed by atoms with Crippen LogP contribution in [0.5, 0.6) is 0 Å². The largest absolute Gasteiger partial charge is 0.481 e. The maximum absolute atomic E-state index is 13.9. The Kier molecular flexibility index (Phi) is 5.26. The van der Waals surface area contributed by atoms with E-state index in [1.54, 1.807) is 19.1 Å². The van der Waals surface area contributed by atoms with Gasteiger partial charge in [-0.3, -0.25) is 29.4 Å². The Hall–Kier alpha value is -3.23. The van der Waals surface area contributed by atoms with Crippen molar-refractivity contribution >= 4 is 41.0 Å². The number of carboxylic acid groups (broad SMARTS) is 1.